The minimum absolute atomic E-state index is 0.0431. The Morgan fingerprint density at radius 2 is 2.12 bits per heavy atom. The zero-order valence-corrected chi connectivity index (χ0v) is 16.0. The van der Waals surface area contributed by atoms with Crippen LogP contribution in [-0.4, -0.2) is 39.0 Å². The van der Waals surface area contributed by atoms with Gasteiger partial charge in [0.15, 0.2) is 16.4 Å². The third kappa shape index (κ3) is 3.09. The molecule has 0 amide bonds. The largest absolute Gasteiger partial charge is 0.496 e. The van der Waals surface area contributed by atoms with E-state index in [1.54, 1.807) is 6.07 Å². The van der Waals surface area contributed by atoms with Crippen molar-refractivity contribution in [2.24, 2.45) is 11.8 Å². The summed E-state index contributed by atoms with van der Waals surface area (Å²) < 4.78 is 36.8. The Bertz CT molecular complexity index is 857. The molecule has 1 aromatic rings. The van der Waals surface area contributed by atoms with Crippen molar-refractivity contribution in [3.05, 3.63) is 29.8 Å². The maximum Gasteiger partial charge on any atom is 0.341 e. The number of ether oxygens (including phenoxy) is 2. The summed E-state index contributed by atoms with van der Waals surface area (Å²) in [5, 5.41) is 8.82. The SMILES string of the molecule is COc1cc(OCC(=O)O)cc2c1C1(C)CCC=CC(C)C1CS2(=O)=O. The van der Waals surface area contributed by atoms with Crippen molar-refractivity contribution in [3.63, 3.8) is 0 Å². The first kappa shape index (κ1) is 18.8. The Morgan fingerprint density at radius 1 is 1.38 bits per heavy atom. The number of fused-ring (bicyclic) bond motifs is 3. The highest BCUT2D eigenvalue weighted by atomic mass is 32.2. The van der Waals surface area contributed by atoms with Crippen LogP contribution in [0.4, 0.5) is 0 Å². The van der Waals surface area contributed by atoms with Gasteiger partial charge in [0.1, 0.15) is 11.5 Å². The van der Waals surface area contributed by atoms with E-state index in [9.17, 15) is 13.2 Å². The lowest BCUT2D eigenvalue weighted by atomic mass is 9.66. The summed E-state index contributed by atoms with van der Waals surface area (Å²) >= 11 is 0. The lowest BCUT2D eigenvalue weighted by Crippen LogP contribution is -2.44. The summed E-state index contributed by atoms with van der Waals surface area (Å²) in [5.74, 6) is -0.342. The molecule has 6 nitrogen and oxygen atoms in total. The van der Waals surface area contributed by atoms with Crippen LogP contribution in [0.15, 0.2) is 29.2 Å². The van der Waals surface area contributed by atoms with Crippen molar-refractivity contribution in [1.29, 1.82) is 0 Å². The number of carboxylic acids is 1. The highest BCUT2D eigenvalue weighted by Crippen LogP contribution is 2.53. The topological polar surface area (TPSA) is 89.9 Å². The molecule has 142 valence electrons. The van der Waals surface area contributed by atoms with E-state index in [0.29, 0.717) is 11.3 Å². The van der Waals surface area contributed by atoms with Gasteiger partial charge in [-0.25, -0.2) is 13.2 Å². The molecule has 0 bridgehead atoms. The van der Waals surface area contributed by atoms with Gasteiger partial charge < -0.3 is 14.6 Å². The predicted molar refractivity (Wildman–Crippen MR) is 96.6 cm³/mol. The number of carbonyl (C=O) groups is 1. The molecular weight excluding hydrogens is 356 g/mol. The van der Waals surface area contributed by atoms with Gasteiger partial charge in [-0.2, -0.15) is 0 Å². The molecule has 1 aliphatic carbocycles. The van der Waals surface area contributed by atoms with Crippen LogP contribution < -0.4 is 9.47 Å². The van der Waals surface area contributed by atoms with Gasteiger partial charge in [0.25, 0.3) is 0 Å². The molecule has 3 unspecified atom stereocenters. The van der Waals surface area contributed by atoms with Crippen molar-refractivity contribution < 1.29 is 27.8 Å². The number of rotatable bonds is 4. The van der Waals surface area contributed by atoms with E-state index in [1.807, 2.05) is 0 Å². The molecular formula is C19H24O6S. The molecule has 0 spiro atoms. The number of benzene rings is 1. The van der Waals surface area contributed by atoms with Crippen LogP contribution in [0.3, 0.4) is 0 Å². The summed E-state index contributed by atoms with van der Waals surface area (Å²) in [6.45, 7) is 3.62. The van der Waals surface area contributed by atoms with E-state index in [1.165, 1.54) is 13.2 Å². The normalized spacial score (nSPS) is 29.2. The first-order valence-corrected chi connectivity index (χ1v) is 10.3. The molecule has 0 fully saturated rings. The first-order valence-electron chi connectivity index (χ1n) is 8.65. The Hall–Kier alpha value is -2.02. The lowest BCUT2D eigenvalue weighted by Gasteiger charge is -2.44. The van der Waals surface area contributed by atoms with Gasteiger partial charge in [-0.3, -0.25) is 0 Å². The molecule has 1 aliphatic heterocycles. The van der Waals surface area contributed by atoms with Crippen LogP contribution in [0.1, 0.15) is 32.3 Å². The molecule has 1 aromatic carbocycles. The molecule has 1 N–H and O–H groups in total. The monoisotopic (exact) mass is 380 g/mol. The number of sulfone groups is 1. The van der Waals surface area contributed by atoms with Crippen LogP contribution in [0, 0.1) is 11.8 Å². The average Bonchev–Trinajstić information content (AvgIpc) is 2.72. The van der Waals surface area contributed by atoms with Gasteiger partial charge in [-0.15, -0.1) is 0 Å². The van der Waals surface area contributed by atoms with E-state index < -0.39 is 22.4 Å². The third-order valence-electron chi connectivity index (χ3n) is 5.65. The number of hydrogen-bond acceptors (Lipinski definition) is 5. The Labute approximate surface area is 153 Å². The molecule has 0 saturated heterocycles. The van der Waals surface area contributed by atoms with Gasteiger partial charge in [0.2, 0.25) is 0 Å². The fraction of sp³-hybridized carbons (Fsp3) is 0.526. The summed E-state index contributed by atoms with van der Waals surface area (Å²) in [5.41, 5.74) is 0.342. The minimum atomic E-state index is -3.53. The van der Waals surface area contributed by atoms with Crippen LogP contribution in [0.5, 0.6) is 11.5 Å². The van der Waals surface area contributed by atoms with Crippen molar-refractivity contribution in [3.8, 4) is 11.5 Å². The van der Waals surface area contributed by atoms with Gasteiger partial charge in [-0.1, -0.05) is 26.0 Å². The molecule has 1 heterocycles. The molecule has 3 rings (SSSR count). The van der Waals surface area contributed by atoms with Gasteiger partial charge in [0.05, 0.1) is 17.8 Å². The quantitative estimate of drug-likeness (QED) is 0.808. The van der Waals surface area contributed by atoms with E-state index in [2.05, 4.69) is 26.0 Å². The number of carboxylic acid groups (broad SMARTS) is 1. The van der Waals surface area contributed by atoms with E-state index in [-0.39, 0.29) is 33.6 Å². The summed E-state index contributed by atoms with van der Waals surface area (Å²) in [6.07, 6.45) is 5.93. The highest BCUT2D eigenvalue weighted by molar-refractivity contribution is 7.91. The molecule has 7 heteroatoms. The smallest absolute Gasteiger partial charge is 0.341 e. The van der Waals surface area contributed by atoms with Crippen LogP contribution >= 0.6 is 0 Å². The molecule has 0 saturated carbocycles. The van der Waals surface area contributed by atoms with Gasteiger partial charge in [-0.05, 0) is 30.7 Å². The van der Waals surface area contributed by atoms with E-state index in [4.69, 9.17) is 14.6 Å². The Kier molecular flexibility index (Phi) is 4.77. The highest BCUT2D eigenvalue weighted by Gasteiger charge is 2.50. The van der Waals surface area contributed by atoms with E-state index in [0.717, 1.165) is 12.8 Å². The van der Waals surface area contributed by atoms with Crippen LogP contribution in [0.25, 0.3) is 0 Å². The second-order valence-electron chi connectivity index (χ2n) is 7.31. The summed E-state index contributed by atoms with van der Waals surface area (Å²) in [7, 11) is -2.04. The van der Waals surface area contributed by atoms with Crippen molar-refractivity contribution in [1.82, 2.24) is 0 Å². The molecule has 3 atom stereocenters. The predicted octanol–water partition coefficient (Wildman–Crippen LogP) is 2.81. The molecule has 26 heavy (non-hydrogen) atoms. The maximum atomic E-state index is 13.0. The Balaban J connectivity index is 2.20. The van der Waals surface area contributed by atoms with Crippen molar-refractivity contribution in [2.45, 2.75) is 37.0 Å². The standard InChI is InChI=1S/C19H24O6S/c1-12-6-4-5-7-19(2)14(12)11-26(22,23)16-9-13(25-10-17(20)21)8-15(24-3)18(16)19/h4,6,8-9,12,14H,5,7,10-11H2,1-3H3,(H,20,21). The molecule has 0 aromatic heterocycles. The molecule has 2 aliphatic rings. The lowest BCUT2D eigenvalue weighted by molar-refractivity contribution is -0.139. The fourth-order valence-corrected chi connectivity index (χ4v) is 6.59. The second-order valence-corrected chi connectivity index (χ2v) is 9.32. The number of hydrogen-bond donors (Lipinski definition) is 1. The summed E-state index contributed by atoms with van der Waals surface area (Å²) in [6, 6.07) is 3.04. The first-order chi connectivity index (χ1) is 12.2. The van der Waals surface area contributed by atoms with Crippen molar-refractivity contribution in [2.75, 3.05) is 19.5 Å². The van der Waals surface area contributed by atoms with Gasteiger partial charge in [0, 0.05) is 17.0 Å². The van der Waals surface area contributed by atoms with E-state index >= 15 is 0 Å². The second kappa shape index (κ2) is 6.61. The number of methoxy groups -OCH3 is 1. The van der Waals surface area contributed by atoms with Crippen LogP contribution in [0.2, 0.25) is 0 Å². The minimum Gasteiger partial charge on any atom is -0.496 e. The van der Waals surface area contributed by atoms with Crippen LogP contribution in [-0.2, 0) is 20.0 Å². The average molecular weight is 380 g/mol. The Morgan fingerprint density at radius 3 is 2.77 bits per heavy atom. The zero-order valence-electron chi connectivity index (χ0n) is 15.2. The fourth-order valence-electron chi connectivity index (χ4n) is 4.33. The third-order valence-corrected chi connectivity index (χ3v) is 7.44. The number of allylic oxidation sites excluding steroid dienone is 2. The van der Waals surface area contributed by atoms with Gasteiger partial charge >= 0.3 is 5.97 Å². The number of aliphatic carboxylic acids is 1. The maximum absolute atomic E-state index is 13.0. The summed E-state index contributed by atoms with van der Waals surface area (Å²) in [4.78, 5) is 11.0. The zero-order chi connectivity index (χ0) is 19.1. The van der Waals surface area contributed by atoms with Crippen molar-refractivity contribution >= 4 is 15.8 Å². The molecule has 0 radical (unpaired) electrons.